The van der Waals surface area contributed by atoms with Crippen molar-refractivity contribution in [2.75, 3.05) is 0 Å². The highest BCUT2D eigenvalue weighted by molar-refractivity contribution is 6.13. The van der Waals surface area contributed by atoms with Gasteiger partial charge in [-0.05, 0) is 44.0 Å². The van der Waals surface area contributed by atoms with Gasteiger partial charge in [-0.25, -0.2) is 4.79 Å². The molecule has 1 N–H and O–H groups in total. The summed E-state index contributed by atoms with van der Waals surface area (Å²) in [6.07, 6.45) is 1.76. The van der Waals surface area contributed by atoms with E-state index in [-0.39, 0.29) is 18.5 Å². The summed E-state index contributed by atoms with van der Waals surface area (Å²) in [5, 5.41) is 2.69. The number of urea groups is 1. The molecule has 0 bridgehead atoms. The molecule has 24 heavy (non-hydrogen) atoms. The molecule has 5 heteroatoms. The normalized spacial score (nSPS) is 16.1. The Morgan fingerprint density at radius 1 is 1.12 bits per heavy atom. The number of rotatable bonds is 4. The van der Waals surface area contributed by atoms with Crippen LogP contribution in [0.3, 0.4) is 0 Å². The quantitative estimate of drug-likeness (QED) is 0.694. The van der Waals surface area contributed by atoms with Crippen molar-refractivity contribution in [1.82, 2.24) is 14.8 Å². The summed E-state index contributed by atoms with van der Waals surface area (Å²) in [4.78, 5) is 26.0. The third-order valence-corrected chi connectivity index (χ3v) is 4.37. The van der Waals surface area contributed by atoms with Gasteiger partial charge in [0.05, 0.1) is 6.54 Å². The van der Waals surface area contributed by atoms with Gasteiger partial charge in [-0.2, -0.15) is 0 Å². The van der Waals surface area contributed by atoms with Gasteiger partial charge in [0, 0.05) is 17.9 Å². The van der Waals surface area contributed by atoms with Crippen LogP contribution in [0.15, 0.2) is 42.1 Å². The zero-order valence-electron chi connectivity index (χ0n) is 14.2. The fraction of sp³-hybridized carbons (Fsp3) is 0.263. The monoisotopic (exact) mass is 323 g/mol. The van der Waals surface area contributed by atoms with Gasteiger partial charge in [0.1, 0.15) is 5.70 Å². The van der Waals surface area contributed by atoms with Gasteiger partial charge in [0.15, 0.2) is 0 Å². The zero-order valence-corrected chi connectivity index (χ0v) is 14.2. The number of hydrogen-bond donors (Lipinski definition) is 1. The number of nitrogens with one attached hydrogen (secondary N) is 1. The lowest BCUT2D eigenvalue weighted by Crippen LogP contribution is -2.30. The van der Waals surface area contributed by atoms with Crippen molar-refractivity contribution in [3.05, 3.63) is 64.6 Å². The molecule has 2 heterocycles. The van der Waals surface area contributed by atoms with Crippen LogP contribution in [0.4, 0.5) is 4.79 Å². The first-order valence-corrected chi connectivity index (χ1v) is 8.06. The molecule has 1 aromatic carbocycles. The van der Waals surface area contributed by atoms with E-state index in [1.54, 1.807) is 6.08 Å². The Kier molecular flexibility index (Phi) is 4.25. The topological polar surface area (TPSA) is 54.3 Å². The fourth-order valence-corrected chi connectivity index (χ4v) is 3.10. The number of carbonyl (C=O) groups is 2. The van der Waals surface area contributed by atoms with Crippen LogP contribution in [-0.4, -0.2) is 21.4 Å². The number of aryl methyl sites for hydroxylation is 1. The maximum Gasteiger partial charge on any atom is 0.329 e. The SMILES string of the molecule is CCn1c(C)cc(C=C2NC(=O)N(Cc3ccccc3)C2=O)c1C. The minimum atomic E-state index is -0.376. The number of aromatic nitrogens is 1. The molecule has 1 fully saturated rings. The van der Waals surface area contributed by atoms with Crippen LogP contribution in [-0.2, 0) is 17.9 Å². The van der Waals surface area contributed by atoms with E-state index < -0.39 is 0 Å². The summed E-state index contributed by atoms with van der Waals surface area (Å²) in [6.45, 7) is 7.29. The van der Waals surface area contributed by atoms with Crippen LogP contribution < -0.4 is 5.32 Å². The Hall–Kier alpha value is -2.82. The van der Waals surface area contributed by atoms with Gasteiger partial charge in [-0.3, -0.25) is 9.69 Å². The Morgan fingerprint density at radius 3 is 2.46 bits per heavy atom. The lowest BCUT2D eigenvalue weighted by Gasteiger charge is -2.11. The summed E-state index contributed by atoms with van der Waals surface area (Å²) in [6, 6.07) is 11.2. The molecule has 1 aliphatic rings. The van der Waals surface area contributed by atoms with E-state index >= 15 is 0 Å². The third-order valence-electron chi connectivity index (χ3n) is 4.37. The van der Waals surface area contributed by atoms with Crippen molar-refractivity contribution < 1.29 is 9.59 Å². The molecule has 3 rings (SSSR count). The van der Waals surface area contributed by atoms with Crippen molar-refractivity contribution in [2.45, 2.75) is 33.9 Å². The van der Waals surface area contributed by atoms with E-state index in [1.807, 2.05) is 50.2 Å². The molecular weight excluding hydrogens is 302 g/mol. The minimum absolute atomic E-state index is 0.275. The molecule has 0 saturated carbocycles. The molecule has 1 aromatic heterocycles. The highest BCUT2D eigenvalue weighted by Gasteiger charge is 2.33. The molecule has 1 aliphatic heterocycles. The van der Waals surface area contributed by atoms with E-state index in [1.165, 1.54) is 4.90 Å². The first-order chi connectivity index (χ1) is 11.5. The lowest BCUT2D eigenvalue weighted by atomic mass is 10.2. The summed E-state index contributed by atoms with van der Waals surface area (Å²) >= 11 is 0. The van der Waals surface area contributed by atoms with Crippen molar-refractivity contribution in [2.24, 2.45) is 0 Å². The molecule has 0 unspecified atom stereocenters. The van der Waals surface area contributed by atoms with Crippen LogP contribution in [0.25, 0.3) is 6.08 Å². The highest BCUT2D eigenvalue weighted by atomic mass is 16.2. The van der Waals surface area contributed by atoms with Crippen molar-refractivity contribution in [3.8, 4) is 0 Å². The number of amides is 3. The van der Waals surface area contributed by atoms with E-state index in [4.69, 9.17) is 0 Å². The predicted molar refractivity (Wildman–Crippen MR) is 93.1 cm³/mol. The second-order valence-corrected chi connectivity index (χ2v) is 5.94. The Bertz CT molecular complexity index is 819. The first kappa shape index (κ1) is 16.1. The third kappa shape index (κ3) is 2.85. The van der Waals surface area contributed by atoms with Gasteiger partial charge in [-0.1, -0.05) is 30.3 Å². The summed E-state index contributed by atoms with van der Waals surface area (Å²) in [7, 11) is 0. The molecule has 0 aliphatic carbocycles. The fourth-order valence-electron chi connectivity index (χ4n) is 3.10. The van der Waals surface area contributed by atoms with E-state index in [2.05, 4.69) is 16.8 Å². The van der Waals surface area contributed by atoms with Gasteiger partial charge in [0.25, 0.3) is 5.91 Å². The average Bonchev–Trinajstić information content (AvgIpc) is 2.99. The Balaban J connectivity index is 1.86. The van der Waals surface area contributed by atoms with Crippen LogP contribution >= 0.6 is 0 Å². The maximum atomic E-state index is 12.6. The first-order valence-electron chi connectivity index (χ1n) is 8.06. The molecule has 5 nitrogen and oxygen atoms in total. The number of hydrogen-bond acceptors (Lipinski definition) is 2. The molecule has 0 atom stereocenters. The van der Waals surface area contributed by atoms with Crippen molar-refractivity contribution in [3.63, 3.8) is 0 Å². The van der Waals surface area contributed by atoms with Crippen LogP contribution in [0.1, 0.15) is 29.4 Å². The lowest BCUT2D eigenvalue weighted by molar-refractivity contribution is -0.123. The molecule has 1 saturated heterocycles. The number of nitrogens with zero attached hydrogens (tertiary/aromatic N) is 2. The van der Waals surface area contributed by atoms with E-state index in [0.717, 1.165) is 29.1 Å². The van der Waals surface area contributed by atoms with Crippen molar-refractivity contribution in [1.29, 1.82) is 0 Å². The standard InChI is InChI=1S/C19H21N3O2/c1-4-21-13(2)10-16(14(21)3)11-17-18(23)22(19(24)20-17)12-15-8-6-5-7-9-15/h5-11H,4,12H2,1-3H3,(H,20,24). The predicted octanol–water partition coefficient (Wildman–Crippen LogP) is 3.22. The van der Waals surface area contributed by atoms with Gasteiger partial charge < -0.3 is 9.88 Å². The largest absolute Gasteiger partial charge is 0.349 e. The molecule has 2 aromatic rings. The second-order valence-electron chi connectivity index (χ2n) is 5.94. The number of carbonyl (C=O) groups excluding carboxylic acids is 2. The molecular formula is C19H21N3O2. The molecule has 124 valence electrons. The maximum absolute atomic E-state index is 12.6. The number of benzene rings is 1. The Morgan fingerprint density at radius 2 is 1.83 bits per heavy atom. The number of imide groups is 1. The average molecular weight is 323 g/mol. The van der Waals surface area contributed by atoms with E-state index in [0.29, 0.717) is 5.70 Å². The van der Waals surface area contributed by atoms with Gasteiger partial charge >= 0.3 is 6.03 Å². The molecule has 0 radical (unpaired) electrons. The summed E-state index contributed by atoms with van der Waals surface area (Å²) in [5.41, 5.74) is 4.43. The van der Waals surface area contributed by atoms with Crippen LogP contribution in [0, 0.1) is 13.8 Å². The van der Waals surface area contributed by atoms with Gasteiger partial charge in [-0.15, -0.1) is 0 Å². The van der Waals surface area contributed by atoms with Gasteiger partial charge in [0.2, 0.25) is 0 Å². The van der Waals surface area contributed by atoms with Crippen molar-refractivity contribution >= 4 is 18.0 Å². The van der Waals surface area contributed by atoms with Crippen LogP contribution in [0.5, 0.6) is 0 Å². The van der Waals surface area contributed by atoms with E-state index in [9.17, 15) is 9.59 Å². The van der Waals surface area contributed by atoms with Crippen LogP contribution in [0.2, 0.25) is 0 Å². The highest BCUT2D eigenvalue weighted by Crippen LogP contribution is 2.21. The molecule has 0 spiro atoms. The second kappa shape index (κ2) is 6.35. The minimum Gasteiger partial charge on any atom is -0.349 e. The summed E-state index contributed by atoms with van der Waals surface area (Å²) < 4.78 is 2.18. The summed E-state index contributed by atoms with van der Waals surface area (Å²) in [5.74, 6) is -0.287. The molecule has 3 amide bonds. The smallest absolute Gasteiger partial charge is 0.329 e. The zero-order chi connectivity index (χ0) is 17.3. The Labute approximate surface area is 141 Å².